The minimum atomic E-state index is -1.18. The van der Waals surface area contributed by atoms with Gasteiger partial charge in [0.25, 0.3) is 11.8 Å². The summed E-state index contributed by atoms with van der Waals surface area (Å²) < 4.78 is 0. The SMILES string of the molecule is Nc1nc(/C(=N\O)C(=O)N[C@@H]2C(=O)N3C(C(=O)O)=C(/C=C\C4CC4)CS[C@H]23)cs1. The van der Waals surface area contributed by atoms with E-state index in [0.717, 1.165) is 24.2 Å². The number of allylic oxidation sites excluding steroid dienone is 2. The molecule has 1 saturated heterocycles. The quantitative estimate of drug-likeness (QED) is 0.219. The van der Waals surface area contributed by atoms with E-state index in [0.29, 0.717) is 17.2 Å². The normalized spacial score (nSPS) is 24.5. The van der Waals surface area contributed by atoms with Gasteiger partial charge >= 0.3 is 5.97 Å². The predicted octanol–water partition coefficient (Wildman–Crippen LogP) is 0.608. The maximum Gasteiger partial charge on any atom is 0.352 e. The zero-order valence-corrected chi connectivity index (χ0v) is 16.6. The Morgan fingerprint density at radius 3 is 2.76 bits per heavy atom. The van der Waals surface area contributed by atoms with Gasteiger partial charge in [0, 0.05) is 11.1 Å². The second-order valence-corrected chi connectivity index (χ2v) is 8.75. The highest BCUT2D eigenvalue weighted by Gasteiger charge is 2.54. The van der Waals surface area contributed by atoms with Gasteiger partial charge in [-0.2, -0.15) is 0 Å². The largest absolute Gasteiger partial charge is 0.477 e. The van der Waals surface area contributed by atoms with Gasteiger partial charge in [-0.1, -0.05) is 17.3 Å². The molecule has 1 aliphatic carbocycles. The van der Waals surface area contributed by atoms with Crippen LogP contribution in [0.2, 0.25) is 0 Å². The van der Waals surface area contributed by atoms with Crippen LogP contribution in [0.1, 0.15) is 18.5 Å². The highest BCUT2D eigenvalue weighted by molar-refractivity contribution is 8.00. The van der Waals surface area contributed by atoms with Gasteiger partial charge < -0.3 is 21.4 Å². The number of nitrogen functional groups attached to an aromatic ring is 1. The number of β-lactam (4-membered cyclic amide) rings is 1. The number of nitrogens with one attached hydrogen (secondary N) is 1. The summed E-state index contributed by atoms with van der Waals surface area (Å²) in [5.74, 6) is -1.61. The lowest BCUT2D eigenvalue weighted by molar-refractivity contribution is -0.150. The molecule has 0 spiro atoms. The third-order valence-electron chi connectivity index (χ3n) is 4.76. The van der Waals surface area contributed by atoms with Crippen molar-refractivity contribution < 1.29 is 24.7 Å². The van der Waals surface area contributed by atoms with E-state index in [9.17, 15) is 24.7 Å². The number of nitrogens with zero attached hydrogens (tertiary/aromatic N) is 3. The third-order valence-corrected chi connectivity index (χ3v) is 6.73. The molecule has 12 heteroatoms. The number of amides is 2. The van der Waals surface area contributed by atoms with Crippen molar-refractivity contribution in [3.8, 4) is 0 Å². The van der Waals surface area contributed by atoms with E-state index in [1.54, 1.807) is 6.08 Å². The Balaban J connectivity index is 1.51. The van der Waals surface area contributed by atoms with Crippen LogP contribution in [-0.4, -0.2) is 60.9 Å². The Hall–Kier alpha value is -2.86. The third kappa shape index (κ3) is 3.60. The van der Waals surface area contributed by atoms with Gasteiger partial charge in [0.2, 0.25) is 0 Å². The highest BCUT2D eigenvalue weighted by Crippen LogP contribution is 2.41. The van der Waals surface area contributed by atoms with Crippen molar-refractivity contribution in [3.63, 3.8) is 0 Å². The molecule has 10 nitrogen and oxygen atoms in total. The minimum Gasteiger partial charge on any atom is -0.477 e. The standard InChI is InChI=1S/C17H17N5O5S2/c18-17-19-9(6-29-17)10(21-27)13(23)20-11-14(24)22-12(16(25)26)8(5-28-15(11)22)4-3-7-1-2-7/h3-4,6-7,11,15,27H,1-2,5H2,(H2,18,19)(H,20,23)(H,25,26)/b4-3-,21-10+/t11-,15-/m1/s1. The first-order chi connectivity index (χ1) is 13.9. The van der Waals surface area contributed by atoms with Gasteiger partial charge in [-0.15, -0.1) is 23.1 Å². The van der Waals surface area contributed by atoms with Gasteiger partial charge in [-0.25, -0.2) is 9.78 Å². The van der Waals surface area contributed by atoms with E-state index in [1.165, 1.54) is 22.0 Å². The van der Waals surface area contributed by atoms with Crippen molar-refractivity contribution in [1.29, 1.82) is 0 Å². The van der Waals surface area contributed by atoms with Crippen molar-refractivity contribution in [2.75, 3.05) is 11.5 Å². The number of nitrogens with two attached hydrogens (primary N) is 1. The fourth-order valence-corrected chi connectivity index (χ4v) is 5.00. The molecule has 3 heterocycles. The molecular formula is C17H17N5O5S2. The van der Waals surface area contributed by atoms with Gasteiger partial charge in [0.1, 0.15) is 22.8 Å². The van der Waals surface area contributed by atoms with Crippen molar-refractivity contribution >= 4 is 51.7 Å². The molecule has 1 aromatic rings. The number of aromatic nitrogens is 1. The predicted molar refractivity (Wildman–Crippen MR) is 106 cm³/mol. The molecule has 1 saturated carbocycles. The minimum absolute atomic E-state index is 0.0514. The van der Waals surface area contributed by atoms with E-state index in [4.69, 9.17) is 5.73 Å². The summed E-state index contributed by atoms with van der Waals surface area (Å²) >= 11 is 2.44. The first-order valence-electron chi connectivity index (χ1n) is 8.74. The summed E-state index contributed by atoms with van der Waals surface area (Å²) in [5, 5.41) is 25.4. The molecule has 4 rings (SSSR count). The molecule has 152 valence electrons. The number of carboxylic acids is 1. The van der Waals surface area contributed by atoms with Crippen LogP contribution < -0.4 is 11.1 Å². The summed E-state index contributed by atoms with van der Waals surface area (Å²) in [6.45, 7) is 0. The number of aliphatic carboxylic acids is 1. The van der Waals surface area contributed by atoms with Gasteiger partial charge in [0.15, 0.2) is 10.8 Å². The molecular weight excluding hydrogens is 418 g/mol. The average Bonchev–Trinajstić information content (AvgIpc) is 3.43. The Kier molecular flexibility index (Phi) is 5.04. The van der Waals surface area contributed by atoms with Crippen molar-refractivity contribution in [2.45, 2.75) is 24.3 Å². The molecule has 3 aliphatic rings. The molecule has 2 atom stereocenters. The number of oxime groups is 1. The topological polar surface area (TPSA) is 158 Å². The van der Waals surface area contributed by atoms with E-state index in [1.807, 2.05) is 6.08 Å². The molecule has 0 bridgehead atoms. The second-order valence-electron chi connectivity index (χ2n) is 6.76. The molecule has 0 unspecified atom stereocenters. The van der Waals surface area contributed by atoms with Gasteiger partial charge in [0.05, 0.1) is 0 Å². The number of thioether (sulfide) groups is 1. The van der Waals surface area contributed by atoms with Crippen molar-refractivity contribution in [2.24, 2.45) is 11.1 Å². The molecule has 0 radical (unpaired) electrons. The summed E-state index contributed by atoms with van der Waals surface area (Å²) in [6.07, 6.45) is 5.95. The number of hydrogen-bond donors (Lipinski definition) is 4. The Bertz CT molecular complexity index is 981. The fourth-order valence-electron chi connectivity index (χ4n) is 3.13. The van der Waals surface area contributed by atoms with E-state index in [2.05, 4.69) is 15.5 Å². The fraction of sp³-hybridized carbons (Fsp3) is 0.353. The molecule has 0 aromatic carbocycles. The van der Waals surface area contributed by atoms with Crippen LogP contribution in [0.25, 0.3) is 0 Å². The van der Waals surface area contributed by atoms with Crippen LogP contribution in [-0.2, 0) is 14.4 Å². The smallest absolute Gasteiger partial charge is 0.352 e. The summed E-state index contributed by atoms with van der Waals surface area (Å²) in [5.41, 5.74) is 5.78. The zero-order chi connectivity index (χ0) is 20.7. The maximum atomic E-state index is 12.6. The van der Waals surface area contributed by atoms with E-state index in [-0.39, 0.29) is 22.2 Å². The van der Waals surface area contributed by atoms with Crippen LogP contribution in [0.15, 0.2) is 34.0 Å². The van der Waals surface area contributed by atoms with Gasteiger partial charge in [-0.3, -0.25) is 14.5 Å². The zero-order valence-electron chi connectivity index (χ0n) is 14.9. The maximum absolute atomic E-state index is 12.6. The number of thiazole rings is 1. The lowest BCUT2D eigenvalue weighted by Crippen LogP contribution is -2.71. The van der Waals surface area contributed by atoms with Crippen molar-refractivity contribution in [3.05, 3.63) is 34.5 Å². The van der Waals surface area contributed by atoms with E-state index < -0.39 is 29.2 Å². The molecule has 29 heavy (non-hydrogen) atoms. The molecule has 2 fully saturated rings. The Labute approximate surface area is 173 Å². The molecule has 2 aliphatic heterocycles. The Morgan fingerprint density at radius 2 is 2.17 bits per heavy atom. The first kappa shape index (κ1) is 19.5. The Morgan fingerprint density at radius 1 is 1.41 bits per heavy atom. The average molecular weight is 435 g/mol. The number of rotatable bonds is 6. The lowest BCUT2D eigenvalue weighted by Gasteiger charge is -2.49. The van der Waals surface area contributed by atoms with Crippen molar-refractivity contribution in [1.82, 2.24) is 15.2 Å². The number of carbonyl (C=O) groups excluding carboxylic acids is 2. The number of carboxylic acid groups (broad SMARTS) is 1. The summed E-state index contributed by atoms with van der Waals surface area (Å²) in [7, 11) is 0. The van der Waals surface area contributed by atoms with Crippen LogP contribution >= 0.6 is 23.1 Å². The number of hydrogen-bond acceptors (Lipinski definition) is 9. The van der Waals surface area contributed by atoms with Crippen LogP contribution in [0.4, 0.5) is 5.13 Å². The summed E-state index contributed by atoms with van der Waals surface area (Å²) in [4.78, 5) is 42.0. The van der Waals surface area contributed by atoms with Crippen LogP contribution in [0.5, 0.6) is 0 Å². The van der Waals surface area contributed by atoms with Crippen LogP contribution in [0.3, 0.4) is 0 Å². The molecule has 2 amide bonds. The van der Waals surface area contributed by atoms with E-state index >= 15 is 0 Å². The van der Waals surface area contributed by atoms with Crippen LogP contribution in [0, 0.1) is 5.92 Å². The first-order valence-corrected chi connectivity index (χ1v) is 10.7. The lowest BCUT2D eigenvalue weighted by atomic mass is 10.0. The molecule has 1 aromatic heterocycles. The highest BCUT2D eigenvalue weighted by atomic mass is 32.2. The number of carbonyl (C=O) groups is 3. The van der Waals surface area contributed by atoms with Gasteiger partial charge in [-0.05, 0) is 24.3 Å². The number of anilines is 1. The monoisotopic (exact) mass is 435 g/mol. The second kappa shape index (κ2) is 7.52. The summed E-state index contributed by atoms with van der Waals surface area (Å²) in [6, 6.07) is -0.927. The number of fused-ring (bicyclic) bond motifs is 1. The molecule has 5 N–H and O–H groups in total.